The van der Waals surface area contributed by atoms with Crippen molar-refractivity contribution in [3.8, 4) is 5.75 Å². The van der Waals surface area contributed by atoms with Crippen LogP contribution in [0.2, 0.25) is 0 Å². The number of carbonyl (C=O) groups excluding carboxylic acids is 1. The summed E-state index contributed by atoms with van der Waals surface area (Å²) in [5.41, 5.74) is 0. The van der Waals surface area contributed by atoms with Gasteiger partial charge in [0.25, 0.3) is 0 Å². The molecule has 2 aromatic carbocycles. The molecule has 0 fully saturated rings. The monoisotopic (exact) mass is 264 g/mol. The smallest absolute Gasteiger partial charge is 0.310 e. The summed E-state index contributed by atoms with van der Waals surface area (Å²) in [6, 6.07) is 13.6. The van der Waals surface area contributed by atoms with Crippen molar-refractivity contribution >= 4 is 16.7 Å². The largest absolute Gasteiger partial charge is 0.426 e. The van der Waals surface area contributed by atoms with Gasteiger partial charge in [0.1, 0.15) is 5.75 Å². The zero-order chi connectivity index (χ0) is 10.7. The molecule has 3 heteroatoms. The predicted octanol–water partition coefficient (Wildman–Crippen LogP) is 3.15. The Kier molecular flexibility index (Phi) is 4.63. The maximum Gasteiger partial charge on any atom is 0.310 e. The second-order valence-electron chi connectivity index (χ2n) is 3.30. The fourth-order valence-corrected chi connectivity index (χ4v) is 1.48. The second kappa shape index (κ2) is 5.76. The summed E-state index contributed by atoms with van der Waals surface area (Å²) in [6.07, 6.45) is 0.392. The van der Waals surface area contributed by atoms with Gasteiger partial charge in [-0.3, -0.25) is 4.79 Å². The first-order valence-electron chi connectivity index (χ1n) is 4.99. The van der Waals surface area contributed by atoms with Crippen LogP contribution in [0.25, 0.3) is 10.8 Å². The first kappa shape index (κ1) is 12.9. The number of carbonyl (C=O) groups is 1. The zero-order valence-corrected chi connectivity index (χ0v) is 12.2. The number of esters is 1. The Labute approximate surface area is 107 Å². The van der Waals surface area contributed by atoms with Crippen molar-refractivity contribution in [2.75, 3.05) is 0 Å². The third kappa shape index (κ3) is 2.67. The van der Waals surface area contributed by atoms with Gasteiger partial charge in [-0.15, -0.1) is 0 Å². The Morgan fingerprint density at radius 1 is 1.12 bits per heavy atom. The van der Waals surface area contributed by atoms with E-state index in [0.717, 1.165) is 10.8 Å². The number of fused-ring (bicyclic) bond motifs is 1. The van der Waals surface area contributed by atoms with E-state index >= 15 is 0 Å². The van der Waals surface area contributed by atoms with E-state index in [0.29, 0.717) is 12.2 Å². The molecule has 0 unspecified atom stereocenters. The number of hydrogen-bond donors (Lipinski definition) is 0. The molecule has 0 heterocycles. The maximum atomic E-state index is 11.2. The Morgan fingerprint density at radius 2 is 1.81 bits per heavy atom. The molecule has 2 rings (SSSR count). The molecule has 2 nitrogen and oxygen atoms in total. The van der Waals surface area contributed by atoms with Crippen LogP contribution in [-0.4, -0.2) is 5.97 Å². The summed E-state index contributed by atoms with van der Waals surface area (Å²) in [4.78, 5) is 11.2. The van der Waals surface area contributed by atoms with E-state index in [4.69, 9.17) is 4.74 Å². The topological polar surface area (TPSA) is 26.3 Å². The molecule has 78 valence electrons. The standard InChI is InChI=1S/C13H12O2.Zn/c1-2-13(14)15-12-9-5-7-10-6-3-4-8-11(10)12;/h3-9H,2H2,1H3;. The van der Waals surface area contributed by atoms with Crippen molar-refractivity contribution < 1.29 is 29.0 Å². The van der Waals surface area contributed by atoms with E-state index < -0.39 is 0 Å². The molecule has 0 aliphatic heterocycles. The van der Waals surface area contributed by atoms with Crippen molar-refractivity contribution in [1.82, 2.24) is 0 Å². The molecule has 0 saturated heterocycles. The molecule has 0 atom stereocenters. The Hall–Kier alpha value is -1.21. The van der Waals surface area contributed by atoms with Crippen LogP contribution in [-0.2, 0) is 24.3 Å². The van der Waals surface area contributed by atoms with Gasteiger partial charge in [0, 0.05) is 31.3 Å². The first-order valence-corrected chi connectivity index (χ1v) is 4.99. The van der Waals surface area contributed by atoms with Crippen LogP contribution < -0.4 is 4.74 Å². The summed E-state index contributed by atoms with van der Waals surface area (Å²) in [6.45, 7) is 1.79. The molecule has 0 aliphatic carbocycles. The molecular formula is C13H12O2Zn. The van der Waals surface area contributed by atoms with Crippen molar-refractivity contribution in [2.45, 2.75) is 13.3 Å². The van der Waals surface area contributed by atoms with Gasteiger partial charge in [-0.2, -0.15) is 0 Å². The first-order chi connectivity index (χ1) is 7.31. The van der Waals surface area contributed by atoms with Gasteiger partial charge in [-0.1, -0.05) is 43.3 Å². The van der Waals surface area contributed by atoms with Crippen LogP contribution >= 0.6 is 0 Å². The fourth-order valence-electron chi connectivity index (χ4n) is 1.48. The third-order valence-electron chi connectivity index (χ3n) is 2.26. The van der Waals surface area contributed by atoms with Gasteiger partial charge in [0.05, 0.1) is 0 Å². The van der Waals surface area contributed by atoms with E-state index in [2.05, 4.69) is 0 Å². The minimum Gasteiger partial charge on any atom is -0.426 e. The Morgan fingerprint density at radius 3 is 2.56 bits per heavy atom. The molecule has 0 aliphatic rings. The SMILES string of the molecule is CCC(=O)Oc1cccc2ccccc12.[Zn]. The van der Waals surface area contributed by atoms with Gasteiger partial charge in [0.2, 0.25) is 0 Å². The van der Waals surface area contributed by atoms with Gasteiger partial charge in [-0.25, -0.2) is 0 Å². The van der Waals surface area contributed by atoms with E-state index in [1.54, 1.807) is 6.92 Å². The van der Waals surface area contributed by atoms with Gasteiger partial charge < -0.3 is 4.74 Å². The molecule has 0 radical (unpaired) electrons. The van der Waals surface area contributed by atoms with Crippen LogP contribution in [0.15, 0.2) is 42.5 Å². The van der Waals surface area contributed by atoms with Crippen molar-refractivity contribution in [2.24, 2.45) is 0 Å². The van der Waals surface area contributed by atoms with Gasteiger partial charge in [-0.05, 0) is 11.5 Å². The summed E-state index contributed by atoms with van der Waals surface area (Å²) >= 11 is 0. The van der Waals surface area contributed by atoms with Crippen LogP contribution in [0.1, 0.15) is 13.3 Å². The molecule has 0 saturated carbocycles. The maximum absolute atomic E-state index is 11.2. The Balaban J connectivity index is 0.00000128. The quantitative estimate of drug-likeness (QED) is 0.474. The molecular weight excluding hydrogens is 254 g/mol. The van der Waals surface area contributed by atoms with Crippen molar-refractivity contribution in [1.29, 1.82) is 0 Å². The number of ether oxygens (including phenoxy) is 1. The minimum atomic E-state index is -0.202. The molecule has 2 aromatic rings. The van der Waals surface area contributed by atoms with E-state index in [1.165, 1.54) is 0 Å². The predicted molar refractivity (Wildman–Crippen MR) is 59.9 cm³/mol. The second-order valence-corrected chi connectivity index (χ2v) is 3.30. The van der Waals surface area contributed by atoms with E-state index in [1.807, 2.05) is 42.5 Å². The average Bonchev–Trinajstić information content (AvgIpc) is 2.29. The summed E-state index contributed by atoms with van der Waals surface area (Å²) < 4.78 is 5.24. The molecule has 0 aromatic heterocycles. The van der Waals surface area contributed by atoms with E-state index in [-0.39, 0.29) is 25.4 Å². The number of hydrogen-bond acceptors (Lipinski definition) is 2. The molecule has 0 N–H and O–H groups in total. The zero-order valence-electron chi connectivity index (χ0n) is 9.27. The van der Waals surface area contributed by atoms with Gasteiger partial charge >= 0.3 is 5.97 Å². The third-order valence-corrected chi connectivity index (χ3v) is 2.26. The number of benzene rings is 2. The summed E-state index contributed by atoms with van der Waals surface area (Å²) in [5.74, 6) is 0.436. The average molecular weight is 266 g/mol. The van der Waals surface area contributed by atoms with Gasteiger partial charge in [0.15, 0.2) is 0 Å². The molecule has 16 heavy (non-hydrogen) atoms. The molecule has 0 bridgehead atoms. The number of rotatable bonds is 2. The normalized spacial score (nSPS) is 9.56. The minimum absolute atomic E-state index is 0. The molecule has 0 amide bonds. The molecule has 0 spiro atoms. The van der Waals surface area contributed by atoms with Crippen molar-refractivity contribution in [3.05, 3.63) is 42.5 Å². The van der Waals surface area contributed by atoms with Crippen LogP contribution in [0.4, 0.5) is 0 Å². The van der Waals surface area contributed by atoms with Crippen molar-refractivity contribution in [3.63, 3.8) is 0 Å². The van der Waals surface area contributed by atoms with E-state index in [9.17, 15) is 4.79 Å². The summed E-state index contributed by atoms with van der Waals surface area (Å²) in [5, 5.41) is 2.06. The van der Waals surface area contributed by atoms with Crippen LogP contribution in [0, 0.1) is 0 Å². The summed E-state index contributed by atoms with van der Waals surface area (Å²) in [7, 11) is 0. The Bertz CT molecular complexity index is 489. The fraction of sp³-hybridized carbons (Fsp3) is 0.154. The van der Waals surface area contributed by atoms with Crippen LogP contribution in [0.5, 0.6) is 5.75 Å². The van der Waals surface area contributed by atoms with Crippen LogP contribution in [0.3, 0.4) is 0 Å².